The topological polar surface area (TPSA) is 52.7 Å². The molecule has 4 rings (SSSR count). The van der Waals surface area contributed by atoms with E-state index in [9.17, 15) is 9.59 Å². The zero-order valence-electron chi connectivity index (χ0n) is 21.1. The fourth-order valence-electron chi connectivity index (χ4n) is 4.86. The molecule has 2 amide bonds. The normalized spacial score (nSPS) is 15.0. The molecule has 1 aliphatic heterocycles. The molecule has 3 aromatic rings. The standard InChI is InChI=1S/C30H35N3O2S/c1-23-11-9-10-16-26(23)29(34)31-27(17-22-36-2)30(35)33-20-18-32(19-21-33)28(24-12-5-3-6-13-24)25-14-7-4-8-15-25/h3-16,27-28H,17-22H2,1-2H3,(H,31,34)/t27-/m0/s1. The lowest BCUT2D eigenvalue weighted by Crippen LogP contribution is -2.55. The maximum atomic E-state index is 13.6. The number of piperazine rings is 1. The molecule has 1 heterocycles. The van der Waals surface area contributed by atoms with E-state index in [1.54, 1.807) is 11.8 Å². The van der Waals surface area contributed by atoms with Crippen molar-refractivity contribution in [3.05, 3.63) is 107 Å². The number of hydrogen-bond donors (Lipinski definition) is 1. The van der Waals surface area contributed by atoms with Gasteiger partial charge in [0, 0.05) is 31.7 Å². The number of aryl methyl sites for hydroxylation is 1. The van der Waals surface area contributed by atoms with E-state index < -0.39 is 6.04 Å². The van der Waals surface area contributed by atoms with Crippen molar-refractivity contribution in [1.29, 1.82) is 0 Å². The predicted octanol–water partition coefficient (Wildman–Crippen LogP) is 4.78. The molecule has 0 bridgehead atoms. The lowest BCUT2D eigenvalue weighted by Gasteiger charge is -2.40. The first-order valence-electron chi connectivity index (χ1n) is 12.6. The largest absolute Gasteiger partial charge is 0.340 e. The summed E-state index contributed by atoms with van der Waals surface area (Å²) in [5, 5.41) is 3.03. The van der Waals surface area contributed by atoms with Crippen LogP contribution in [0.25, 0.3) is 0 Å². The Balaban J connectivity index is 1.45. The lowest BCUT2D eigenvalue weighted by molar-refractivity contribution is -0.135. The molecule has 3 aromatic carbocycles. The van der Waals surface area contributed by atoms with Gasteiger partial charge in [0.15, 0.2) is 0 Å². The van der Waals surface area contributed by atoms with Crippen LogP contribution < -0.4 is 5.32 Å². The number of thioether (sulfide) groups is 1. The van der Waals surface area contributed by atoms with Crippen molar-refractivity contribution in [2.75, 3.05) is 38.2 Å². The van der Waals surface area contributed by atoms with Crippen LogP contribution in [0.15, 0.2) is 84.9 Å². The van der Waals surface area contributed by atoms with Crippen LogP contribution in [0.5, 0.6) is 0 Å². The number of amides is 2. The first kappa shape index (κ1) is 26.0. The summed E-state index contributed by atoms with van der Waals surface area (Å²) in [6, 6.07) is 28.3. The van der Waals surface area contributed by atoms with Gasteiger partial charge in [0.2, 0.25) is 5.91 Å². The smallest absolute Gasteiger partial charge is 0.252 e. The van der Waals surface area contributed by atoms with Crippen molar-refractivity contribution in [2.24, 2.45) is 0 Å². The molecule has 188 valence electrons. The maximum Gasteiger partial charge on any atom is 0.252 e. The van der Waals surface area contributed by atoms with Crippen molar-refractivity contribution < 1.29 is 9.59 Å². The van der Waals surface area contributed by atoms with Gasteiger partial charge in [0.05, 0.1) is 6.04 Å². The van der Waals surface area contributed by atoms with Crippen molar-refractivity contribution >= 4 is 23.6 Å². The number of rotatable bonds is 9. The lowest BCUT2D eigenvalue weighted by atomic mass is 9.96. The van der Waals surface area contributed by atoms with Gasteiger partial charge in [-0.05, 0) is 48.1 Å². The quantitative estimate of drug-likeness (QED) is 0.459. The fourth-order valence-corrected chi connectivity index (χ4v) is 5.33. The SMILES string of the molecule is CSCC[C@H](NC(=O)c1ccccc1C)C(=O)N1CCN(C(c2ccccc2)c2ccccc2)CC1. The van der Waals surface area contributed by atoms with E-state index in [0.29, 0.717) is 25.1 Å². The summed E-state index contributed by atoms with van der Waals surface area (Å²) in [6.07, 6.45) is 2.64. The Hall–Kier alpha value is -3.09. The number of hydrogen-bond acceptors (Lipinski definition) is 4. The second-order valence-corrected chi connectivity index (χ2v) is 10.2. The highest BCUT2D eigenvalue weighted by molar-refractivity contribution is 7.98. The van der Waals surface area contributed by atoms with Crippen LogP contribution in [0.4, 0.5) is 0 Å². The first-order valence-corrected chi connectivity index (χ1v) is 14.0. The summed E-state index contributed by atoms with van der Waals surface area (Å²) in [5.41, 5.74) is 4.05. The fraction of sp³-hybridized carbons (Fsp3) is 0.333. The summed E-state index contributed by atoms with van der Waals surface area (Å²) >= 11 is 1.69. The van der Waals surface area contributed by atoms with Gasteiger partial charge in [0.25, 0.3) is 5.91 Å². The van der Waals surface area contributed by atoms with Crippen LogP contribution in [-0.2, 0) is 4.79 Å². The molecule has 6 heteroatoms. The highest BCUT2D eigenvalue weighted by Crippen LogP contribution is 2.29. The molecule has 1 fully saturated rings. The van der Waals surface area contributed by atoms with Gasteiger partial charge in [-0.15, -0.1) is 0 Å². The second kappa shape index (κ2) is 12.7. The Bertz CT molecular complexity index is 1090. The van der Waals surface area contributed by atoms with Gasteiger partial charge in [-0.3, -0.25) is 14.5 Å². The van der Waals surface area contributed by atoms with Crippen LogP contribution in [0, 0.1) is 6.92 Å². The highest BCUT2D eigenvalue weighted by atomic mass is 32.2. The Labute approximate surface area is 218 Å². The van der Waals surface area contributed by atoms with Crippen molar-refractivity contribution in [3.63, 3.8) is 0 Å². The molecule has 0 saturated carbocycles. The Morgan fingerprint density at radius 2 is 1.39 bits per heavy atom. The summed E-state index contributed by atoms with van der Waals surface area (Å²) in [5.74, 6) is 0.648. The minimum Gasteiger partial charge on any atom is -0.340 e. The Kier molecular flexibility index (Phi) is 9.20. The second-order valence-electron chi connectivity index (χ2n) is 9.21. The molecule has 1 saturated heterocycles. The van der Waals surface area contributed by atoms with E-state index in [4.69, 9.17) is 0 Å². The summed E-state index contributed by atoms with van der Waals surface area (Å²) in [6.45, 7) is 4.77. The van der Waals surface area contributed by atoms with E-state index in [1.807, 2.05) is 54.5 Å². The highest BCUT2D eigenvalue weighted by Gasteiger charge is 2.31. The van der Waals surface area contributed by atoms with Crippen LogP contribution in [0.3, 0.4) is 0 Å². The molecule has 0 aliphatic carbocycles. The van der Waals surface area contributed by atoms with E-state index in [-0.39, 0.29) is 17.9 Å². The monoisotopic (exact) mass is 501 g/mol. The van der Waals surface area contributed by atoms with Crippen LogP contribution >= 0.6 is 11.8 Å². The number of benzene rings is 3. The van der Waals surface area contributed by atoms with Crippen molar-refractivity contribution in [1.82, 2.24) is 15.1 Å². The molecule has 0 radical (unpaired) electrons. The minimum absolute atomic E-state index is 0.0154. The van der Waals surface area contributed by atoms with Crippen molar-refractivity contribution in [3.8, 4) is 0 Å². The van der Waals surface area contributed by atoms with E-state index in [2.05, 4.69) is 58.7 Å². The zero-order chi connectivity index (χ0) is 25.3. The first-order chi connectivity index (χ1) is 17.6. The number of nitrogens with one attached hydrogen (secondary N) is 1. The third kappa shape index (κ3) is 6.37. The van der Waals surface area contributed by atoms with E-state index >= 15 is 0 Å². The molecule has 1 N–H and O–H groups in total. The summed E-state index contributed by atoms with van der Waals surface area (Å²) in [7, 11) is 0. The molecule has 0 aromatic heterocycles. The zero-order valence-corrected chi connectivity index (χ0v) is 21.9. The summed E-state index contributed by atoms with van der Waals surface area (Å²) in [4.78, 5) is 30.9. The molecule has 1 aliphatic rings. The van der Waals surface area contributed by atoms with Crippen molar-refractivity contribution in [2.45, 2.75) is 25.4 Å². The predicted molar refractivity (Wildman–Crippen MR) is 148 cm³/mol. The third-order valence-corrected chi connectivity index (χ3v) is 7.47. The van der Waals surface area contributed by atoms with Gasteiger partial charge in [-0.2, -0.15) is 11.8 Å². The van der Waals surface area contributed by atoms with Gasteiger partial charge in [0.1, 0.15) is 6.04 Å². The number of nitrogens with zero attached hydrogens (tertiary/aromatic N) is 2. The van der Waals surface area contributed by atoms with Gasteiger partial charge >= 0.3 is 0 Å². The molecule has 36 heavy (non-hydrogen) atoms. The molecule has 5 nitrogen and oxygen atoms in total. The van der Waals surface area contributed by atoms with Crippen LogP contribution in [0.1, 0.15) is 39.5 Å². The van der Waals surface area contributed by atoms with Gasteiger partial charge < -0.3 is 10.2 Å². The van der Waals surface area contributed by atoms with E-state index in [1.165, 1.54) is 11.1 Å². The Morgan fingerprint density at radius 1 is 0.833 bits per heavy atom. The third-order valence-electron chi connectivity index (χ3n) is 6.83. The van der Waals surface area contributed by atoms with Crippen LogP contribution in [0.2, 0.25) is 0 Å². The average molecular weight is 502 g/mol. The van der Waals surface area contributed by atoms with E-state index in [0.717, 1.165) is 24.4 Å². The minimum atomic E-state index is -0.518. The number of carbonyl (C=O) groups is 2. The maximum absolute atomic E-state index is 13.6. The molecule has 1 atom stereocenters. The average Bonchev–Trinajstić information content (AvgIpc) is 2.92. The molecule has 0 spiro atoms. The van der Waals surface area contributed by atoms with Gasteiger partial charge in [-0.1, -0.05) is 78.9 Å². The van der Waals surface area contributed by atoms with Crippen LogP contribution in [-0.4, -0.2) is 65.8 Å². The summed E-state index contributed by atoms with van der Waals surface area (Å²) < 4.78 is 0. The molecule has 0 unspecified atom stereocenters. The molecular weight excluding hydrogens is 466 g/mol. The Morgan fingerprint density at radius 3 is 1.94 bits per heavy atom. The van der Waals surface area contributed by atoms with Gasteiger partial charge in [-0.25, -0.2) is 0 Å². The molecular formula is C30H35N3O2S. The number of carbonyl (C=O) groups excluding carboxylic acids is 2.